The number of hydrogen-bond acceptors (Lipinski definition) is 5. The van der Waals surface area contributed by atoms with Gasteiger partial charge in [0.15, 0.2) is 6.23 Å². The third-order valence-electron chi connectivity index (χ3n) is 4.20. The van der Waals surface area contributed by atoms with Gasteiger partial charge in [0, 0.05) is 0 Å². The van der Waals surface area contributed by atoms with Gasteiger partial charge < -0.3 is 9.47 Å². The Balaban J connectivity index is 0.00000220. The Hall–Kier alpha value is -1.01. The number of hydrogen-bond donors (Lipinski definition) is 0. The number of ether oxygens (including phenoxy) is 2. The molecule has 1 spiro atoms. The molecule has 1 heterocycles. The van der Waals surface area contributed by atoms with Crippen molar-refractivity contribution in [3.63, 3.8) is 0 Å². The number of nitrogens with zero attached hydrogens (tertiary/aromatic N) is 2. The van der Waals surface area contributed by atoms with E-state index in [0.717, 1.165) is 30.6 Å². The van der Waals surface area contributed by atoms with Crippen LogP contribution in [0.15, 0.2) is 0 Å². The number of halogens is 1. The van der Waals surface area contributed by atoms with Gasteiger partial charge in [0.05, 0.1) is 6.54 Å². The monoisotopic (exact) mass is 320 g/mol. The van der Waals surface area contributed by atoms with Crippen molar-refractivity contribution < 1.29 is 19.1 Å². The topological polar surface area (TPSA) is 59.1 Å². The van der Waals surface area contributed by atoms with Crippen molar-refractivity contribution >= 4 is 24.6 Å². The highest BCUT2D eigenvalue weighted by Gasteiger charge is 2.48. The fraction of sp³-hybridized carbons (Fsp3) is 0.857. The molecule has 0 aromatic heterocycles. The van der Waals surface area contributed by atoms with Crippen LogP contribution in [-0.2, 0) is 9.47 Å². The van der Waals surface area contributed by atoms with Gasteiger partial charge in [-0.3, -0.25) is 4.90 Å². The minimum atomic E-state index is -0.614. The first kappa shape index (κ1) is 18.0. The third-order valence-corrected chi connectivity index (χ3v) is 4.20. The third kappa shape index (κ3) is 4.23. The zero-order chi connectivity index (χ0) is 14.8. The number of amides is 2. The van der Waals surface area contributed by atoms with Gasteiger partial charge in [-0.1, -0.05) is 12.8 Å². The van der Waals surface area contributed by atoms with Crippen molar-refractivity contribution in [2.45, 2.75) is 57.3 Å². The number of carbonyl (C=O) groups excluding carboxylic acids is 2. The fourth-order valence-electron chi connectivity index (χ4n) is 2.71. The molecule has 1 saturated carbocycles. The zero-order valence-electron chi connectivity index (χ0n) is 13.0. The Kier molecular flexibility index (Phi) is 6.28. The second kappa shape index (κ2) is 7.31. The van der Waals surface area contributed by atoms with Crippen LogP contribution in [0.25, 0.3) is 0 Å². The van der Waals surface area contributed by atoms with E-state index in [9.17, 15) is 9.59 Å². The van der Waals surface area contributed by atoms with E-state index >= 15 is 0 Å². The van der Waals surface area contributed by atoms with Crippen molar-refractivity contribution in [2.75, 3.05) is 20.6 Å². The molecule has 122 valence electrons. The van der Waals surface area contributed by atoms with Gasteiger partial charge in [0.2, 0.25) is 0 Å². The summed E-state index contributed by atoms with van der Waals surface area (Å²) < 4.78 is 10.8. The maximum Gasteiger partial charge on any atom is 0.421 e. The lowest BCUT2D eigenvalue weighted by molar-refractivity contribution is 0.0129. The summed E-state index contributed by atoms with van der Waals surface area (Å²) in [5, 5.41) is 0. The molecular weight excluding hydrogens is 296 g/mol. The quantitative estimate of drug-likeness (QED) is 0.732. The largest absolute Gasteiger partial charge is 0.440 e. The molecule has 1 saturated heterocycles. The summed E-state index contributed by atoms with van der Waals surface area (Å²) in [5.41, 5.74) is -0.478. The summed E-state index contributed by atoms with van der Waals surface area (Å²) in [5.74, 6) is 0. The van der Waals surface area contributed by atoms with Crippen LogP contribution in [0.5, 0.6) is 0 Å². The predicted octanol–water partition coefficient (Wildman–Crippen LogP) is 3.00. The maximum atomic E-state index is 12.1. The Morgan fingerprint density at radius 1 is 1.29 bits per heavy atom. The average Bonchev–Trinajstić information content (AvgIpc) is 2.56. The van der Waals surface area contributed by atoms with Gasteiger partial charge >= 0.3 is 12.2 Å². The van der Waals surface area contributed by atoms with Crippen LogP contribution in [0, 0.1) is 0 Å². The molecule has 2 fully saturated rings. The summed E-state index contributed by atoms with van der Waals surface area (Å²) >= 11 is 0. The number of imide groups is 1. The maximum absolute atomic E-state index is 12.1. The predicted molar refractivity (Wildman–Crippen MR) is 80.5 cm³/mol. The molecule has 2 aliphatic rings. The van der Waals surface area contributed by atoms with Crippen molar-refractivity contribution in [1.82, 2.24) is 9.80 Å². The van der Waals surface area contributed by atoms with Gasteiger partial charge in [0.1, 0.15) is 5.60 Å². The van der Waals surface area contributed by atoms with Crippen molar-refractivity contribution in [3.8, 4) is 0 Å². The van der Waals surface area contributed by atoms with Crippen LogP contribution >= 0.6 is 12.4 Å². The molecule has 0 N–H and O–H groups in total. The van der Waals surface area contributed by atoms with Crippen molar-refractivity contribution in [1.29, 1.82) is 0 Å². The van der Waals surface area contributed by atoms with Crippen molar-refractivity contribution in [3.05, 3.63) is 0 Å². The Labute approximate surface area is 132 Å². The molecule has 2 rings (SSSR count). The fourth-order valence-corrected chi connectivity index (χ4v) is 2.71. The van der Waals surface area contributed by atoms with Crippen LogP contribution in [0.3, 0.4) is 0 Å². The Morgan fingerprint density at radius 3 is 2.38 bits per heavy atom. The summed E-state index contributed by atoms with van der Waals surface area (Å²) in [4.78, 5) is 26.9. The molecule has 6 nitrogen and oxygen atoms in total. The van der Waals surface area contributed by atoms with E-state index in [0.29, 0.717) is 6.54 Å². The second-order valence-corrected chi connectivity index (χ2v) is 6.00. The molecule has 1 unspecified atom stereocenters. The highest BCUT2D eigenvalue weighted by Crippen LogP contribution is 2.36. The van der Waals surface area contributed by atoms with E-state index < -0.39 is 17.8 Å². The average molecular weight is 321 g/mol. The van der Waals surface area contributed by atoms with E-state index in [4.69, 9.17) is 9.47 Å². The SMILES string of the molecule is CC(OC(=O)N1CC2(CCCCCC2)OC1=O)N(C)C.Cl. The van der Waals surface area contributed by atoms with Gasteiger partial charge in [-0.05, 0) is 46.7 Å². The molecule has 21 heavy (non-hydrogen) atoms. The van der Waals surface area contributed by atoms with Crippen LogP contribution in [0.4, 0.5) is 9.59 Å². The molecule has 0 aromatic carbocycles. The minimum absolute atomic E-state index is 0. The van der Waals surface area contributed by atoms with Gasteiger partial charge in [-0.2, -0.15) is 0 Å². The van der Waals surface area contributed by atoms with E-state index in [-0.39, 0.29) is 18.6 Å². The lowest BCUT2D eigenvalue weighted by Crippen LogP contribution is -2.40. The smallest absolute Gasteiger partial charge is 0.421 e. The molecule has 7 heteroatoms. The molecular formula is C14H25ClN2O4. The van der Waals surface area contributed by atoms with Gasteiger partial charge in [-0.25, -0.2) is 14.5 Å². The van der Waals surface area contributed by atoms with Crippen molar-refractivity contribution in [2.24, 2.45) is 0 Å². The summed E-state index contributed by atoms with van der Waals surface area (Å²) in [7, 11) is 3.63. The second-order valence-electron chi connectivity index (χ2n) is 6.00. The highest BCUT2D eigenvalue weighted by atomic mass is 35.5. The van der Waals surface area contributed by atoms with E-state index in [1.54, 1.807) is 11.8 Å². The van der Waals surface area contributed by atoms with Crippen LogP contribution in [0.1, 0.15) is 45.4 Å². The molecule has 0 bridgehead atoms. The lowest BCUT2D eigenvalue weighted by atomic mass is 9.95. The van der Waals surface area contributed by atoms with Crippen LogP contribution in [0.2, 0.25) is 0 Å². The lowest BCUT2D eigenvalue weighted by Gasteiger charge is -2.25. The van der Waals surface area contributed by atoms with E-state index in [1.807, 2.05) is 14.1 Å². The van der Waals surface area contributed by atoms with E-state index in [2.05, 4.69) is 0 Å². The summed E-state index contributed by atoms with van der Waals surface area (Å²) in [6.07, 6.45) is 4.55. The summed E-state index contributed by atoms with van der Waals surface area (Å²) in [6.45, 7) is 2.09. The highest BCUT2D eigenvalue weighted by molar-refractivity contribution is 5.89. The molecule has 1 atom stereocenters. The summed E-state index contributed by atoms with van der Waals surface area (Å²) in [6, 6.07) is 0. The Morgan fingerprint density at radius 2 is 1.86 bits per heavy atom. The molecule has 0 radical (unpaired) electrons. The molecule has 2 amide bonds. The number of rotatable bonds is 2. The zero-order valence-corrected chi connectivity index (χ0v) is 13.8. The molecule has 1 aliphatic heterocycles. The standard InChI is InChI=1S/C14H24N2O4.ClH/c1-11(15(2)3)19-12(17)16-10-14(20-13(16)18)8-6-4-5-7-9-14;/h11H,4-10H2,1-3H3;1H. The normalized spacial score (nSPS) is 22.5. The van der Waals surface area contributed by atoms with Gasteiger partial charge in [0.25, 0.3) is 0 Å². The Bertz CT molecular complexity index is 381. The van der Waals surface area contributed by atoms with Gasteiger partial charge in [-0.15, -0.1) is 12.4 Å². The molecule has 0 aromatic rings. The van der Waals surface area contributed by atoms with E-state index in [1.165, 1.54) is 12.8 Å². The first-order valence-corrected chi connectivity index (χ1v) is 7.31. The van der Waals surface area contributed by atoms with Crippen LogP contribution < -0.4 is 0 Å². The minimum Gasteiger partial charge on any atom is -0.440 e. The van der Waals surface area contributed by atoms with Crippen LogP contribution in [-0.4, -0.2) is 54.5 Å². The number of carbonyl (C=O) groups is 2. The first-order valence-electron chi connectivity index (χ1n) is 7.31. The first-order chi connectivity index (χ1) is 9.43. The molecule has 1 aliphatic carbocycles.